The van der Waals surface area contributed by atoms with Crippen molar-refractivity contribution in [1.82, 2.24) is 0 Å². The molecule has 2 rings (SSSR count). The van der Waals surface area contributed by atoms with E-state index in [1.807, 2.05) is 56.3 Å². The number of methoxy groups -OCH3 is 1. The molecule has 1 amide bonds. The number of hydrogen-bond donors (Lipinski definition) is 1. The highest BCUT2D eigenvalue weighted by Gasteiger charge is 2.12. The predicted octanol–water partition coefficient (Wildman–Crippen LogP) is 3.93. The minimum absolute atomic E-state index is 0.228. The Labute approximate surface area is 160 Å². The topological polar surface area (TPSA) is 64.6 Å². The summed E-state index contributed by atoms with van der Waals surface area (Å²) in [4.78, 5) is 24.1. The van der Waals surface area contributed by atoms with E-state index in [0.717, 1.165) is 41.0 Å². The van der Waals surface area contributed by atoms with Gasteiger partial charge >= 0.3 is 5.97 Å². The van der Waals surface area contributed by atoms with Gasteiger partial charge in [0.15, 0.2) is 6.61 Å². The van der Waals surface area contributed by atoms with Crippen LogP contribution in [0.15, 0.2) is 42.5 Å². The molecule has 5 nitrogen and oxygen atoms in total. The molecular formula is C22H27NO4. The van der Waals surface area contributed by atoms with E-state index in [2.05, 4.69) is 5.32 Å². The van der Waals surface area contributed by atoms with Gasteiger partial charge in [0.2, 0.25) is 0 Å². The number of benzene rings is 2. The fourth-order valence-electron chi connectivity index (χ4n) is 2.84. The molecule has 144 valence electrons. The van der Waals surface area contributed by atoms with Crippen LogP contribution in [0.25, 0.3) is 0 Å². The van der Waals surface area contributed by atoms with Crippen LogP contribution in [-0.2, 0) is 33.6 Å². The lowest BCUT2D eigenvalue weighted by molar-refractivity contribution is -0.147. The summed E-state index contributed by atoms with van der Waals surface area (Å²) in [5.41, 5.74) is 4.01. The van der Waals surface area contributed by atoms with Crippen LogP contribution in [0.2, 0.25) is 0 Å². The van der Waals surface area contributed by atoms with E-state index in [0.29, 0.717) is 6.42 Å². The van der Waals surface area contributed by atoms with Gasteiger partial charge in [0, 0.05) is 12.1 Å². The van der Waals surface area contributed by atoms with Crippen LogP contribution >= 0.6 is 0 Å². The van der Waals surface area contributed by atoms with Crippen LogP contribution in [0, 0.1) is 0 Å². The maximum Gasteiger partial charge on any atom is 0.306 e. The number of rotatable bonds is 9. The number of ether oxygens (including phenoxy) is 2. The van der Waals surface area contributed by atoms with Crippen LogP contribution in [0.5, 0.6) is 5.75 Å². The van der Waals surface area contributed by atoms with Crippen molar-refractivity contribution in [2.75, 3.05) is 19.0 Å². The van der Waals surface area contributed by atoms with Gasteiger partial charge < -0.3 is 14.8 Å². The highest BCUT2D eigenvalue weighted by molar-refractivity contribution is 5.94. The first-order valence-electron chi connectivity index (χ1n) is 9.26. The second-order valence-corrected chi connectivity index (χ2v) is 6.22. The van der Waals surface area contributed by atoms with E-state index in [9.17, 15) is 9.59 Å². The molecule has 0 aromatic heterocycles. The lowest BCUT2D eigenvalue weighted by atomic mass is 10.0. The Balaban J connectivity index is 1.82. The monoisotopic (exact) mass is 369 g/mol. The molecule has 1 N–H and O–H groups in total. The molecule has 2 aromatic rings. The minimum Gasteiger partial charge on any atom is -0.497 e. The highest BCUT2D eigenvalue weighted by Crippen LogP contribution is 2.22. The quantitative estimate of drug-likeness (QED) is 0.680. The standard InChI is InChI=1S/C22H27NO4/c1-4-17-7-6-8-18(5-2)22(17)23-20(24)15-27-21(25)14-11-16-9-12-19(26-3)13-10-16/h6-10,12-13H,4-5,11,14-15H2,1-3H3,(H,23,24). The van der Waals surface area contributed by atoms with Gasteiger partial charge in [-0.2, -0.15) is 0 Å². The third kappa shape index (κ3) is 6.13. The fraction of sp³-hybridized carbons (Fsp3) is 0.364. The van der Waals surface area contributed by atoms with Gasteiger partial charge in [-0.25, -0.2) is 0 Å². The molecule has 0 saturated carbocycles. The number of hydrogen-bond acceptors (Lipinski definition) is 4. The van der Waals surface area contributed by atoms with Gasteiger partial charge in [-0.05, 0) is 48.1 Å². The smallest absolute Gasteiger partial charge is 0.306 e. The van der Waals surface area contributed by atoms with Crippen LogP contribution in [0.3, 0.4) is 0 Å². The first-order chi connectivity index (χ1) is 13.1. The number of esters is 1. The molecule has 0 saturated heterocycles. The molecule has 0 aliphatic rings. The Kier molecular flexibility index (Phi) is 7.86. The zero-order valence-corrected chi connectivity index (χ0v) is 16.2. The van der Waals surface area contributed by atoms with Gasteiger partial charge in [-0.15, -0.1) is 0 Å². The number of carbonyl (C=O) groups excluding carboxylic acids is 2. The van der Waals surface area contributed by atoms with Crippen molar-refractivity contribution in [2.24, 2.45) is 0 Å². The molecule has 0 radical (unpaired) electrons. The van der Waals surface area contributed by atoms with Crippen LogP contribution in [-0.4, -0.2) is 25.6 Å². The average Bonchev–Trinajstić information content (AvgIpc) is 2.71. The molecule has 5 heteroatoms. The Morgan fingerprint density at radius 3 is 2.15 bits per heavy atom. The second kappa shape index (κ2) is 10.4. The summed E-state index contributed by atoms with van der Waals surface area (Å²) in [7, 11) is 1.61. The van der Waals surface area contributed by atoms with E-state index >= 15 is 0 Å². The molecule has 0 bridgehead atoms. The van der Waals surface area contributed by atoms with Crippen molar-refractivity contribution in [3.8, 4) is 5.75 Å². The lowest BCUT2D eigenvalue weighted by Crippen LogP contribution is -2.22. The van der Waals surface area contributed by atoms with Gasteiger partial charge in [0.1, 0.15) is 5.75 Å². The number of aryl methyl sites for hydroxylation is 3. The largest absolute Gasteiger partial charge is 0.497 e. The van der Waals surface area contributed by atoms with Crippen molar-refractivity contribution in [3.05, 3.63) is 59.2 Å². The summed E-state index contributed by atoms with van der Waals surface area (Å²) in [6.45, 7) is 3.82. The Morgan fingerprint density at radius 1 is 0.963 bits per heavy atom. The van der Waals surface area contributed by atoms with Gasteiger partial charge in [0.05, 0.1) is 7.11 Å². The van der Waals surface area contributed by atoms with Crippen molar-refractivity contribution in [3.63, 3.8) is 0 Å². The molecule has 2 aromatic carbocycles. The third-order valence-corrected chi connectivity index (χ3v) is 4.40. The van der Waals surface area contributed by atoms with Crippen LogP contribution in [0.1, 0.15) is 37.0 Å². The van der Waals surface area contributed by atoms with Crippen molar-refractivity contribution < 1.29 is 19.1 Å². The molecular weight excluding hydrogens is 342 g/mol. The number of nitrogens with one attached hydrogen (secondary N) is 1. The third-order valence-electron chi connectivity index (χ3n) is 4.40. The van der Waals surface area contributed by atoms with E-state index < -0.39 is 0 Å². The Hall–Kier alpha value is -2.82. The molecule has 0 atom stereocenters. The Morgan fingerprint density at radius 2 is 1.59 bits per heavy atom. The first-order valence-corrected chi connectivity index (χ1v) is 9.26. The summed E-state index contributed by atoms with van der Waals surface area (Å²) in [6.07, 6.45) is 2.44. The number of carbonyl (C=O) groups is 2. The van der Waals surface area contributed by atoms with Gasteiger partial charge in [0.25, 0.3) is 5.91 Å². The first kappa shape index (κ1) is 20.5. The maximum absolute atomic E-state index is 12.2. The van der Waals surface area contributed by atoms with E-state index in [1.54, 1.807) is 7.11 Å². The normalized spacial score (nSPS) is 10.3. The molecule has 0 fully saturated rings. The predicted molar refractivity (Wildman–Crippen MR) is 106 cm³/mol. The maximum atomic E-state index is 12.2. The number of anilines is 1. The van der Waals surface area contributed by atoms with Gasteiger partial charge in [-0.3, -0.25) is 9.59 Å². The molecule has 0 aliphatic carbocycles. The average molecular weight is 369 g/mol. The molecule has 0 heterocycles. The summed E-state index contributed by atoms with van der Waals surface area (Å²) >= 11 is 0. The Bertz CT molecular complexity index is 746. The van der Waals surface area contributed by atoms with E-state index in [4.69, 9.17) is 9.47 Å². The number of amides is 1. The van der Waals surface area contributed by atoms with E-state index in [-0.39, 0.29) is 24.9 Å². The summed E-state index contributed by atoms with van der Waals surface area (Å²) in [5, 5.41) is 2.89. The van der Waals surface area contributed by atoms with Crippen LogP contribution in [0.4, 0.5) is 5.69 Å². The lowest BCUT2D eigenvalue weighted by Gasteiger charge is -2.14. The summed E-state index contributed by atoms with van der Waals surface area (Å²) in [5.74, 6) is 0.0701. The molecule has 27 heavy (non-hydrogen) atoms. The molecule has 0 spiro atoms. The zero-order chi connectivity index (χ0) is 19.6. The van der Waals surface area contributed by atoms with Crippen LogP contribution < -0.4 is 10.1 Å². The highest BCUT2D eigenvalue weighted by atomic mass is 16.5. The molecule has 0 unspecified atom stereocenters. The summed E-state index contributed by atoms with van der Waals surface area (Å²) in [6, 6.07) is 13.5. The SMILES string of the molecule is CCc1cccc(CC)c1NC(=O)COC(=O)CCc1ccc(OC)cc1. The summed E-state index contributed by atoms with van der Waals surface area (Å²) < 4.78 is 10.2. The molecule has 0 aliphatic heterocycles. The van der Waals surface area contributed by atoms with E-state index in [1.165, 1.54) is 0 Å². The minimum atomic E-state index is -0.388. The second-order valence-electron chi connectivity index (χ2n) is 6.22. The van der Waals surface area contributed by atoms with Crippen molar-refractivity contribution in [2.45, 2.75) is 39.5 Å². The zero-order valence-electron chi connectivity index (χ0n) is 16.2. The number of para-hydroxylation sites is 1. The van der Waals surface area contributed by atoms with Crippen molar-refractivity contribution >= 4 is 17.6 Å². The van der Waals surface area contributed by atoms with Crippen molar-refractivity contribution in [1.29, 1.82) is 0 Å². The van der Waals surface area contributed by atoms with Gasteiger partial charge in [-0.1, -0.05) is 44.2 Å². The fourth-order valence-corrected chi connectivity index (χ4v) is 2.84.